The third kappa shape index (κ3) is 4.33. The van der Waals surface area contributed by atoms with Gasteiger partial charge in [-0.15, -0.1) is 0 Å². The van der Waals surface area contributed by atoms with Gasteiger partial charge in [-0.3, -0.25) is 4.79 Å². The van der Waals surface area contributed by atoms with Crippen LogP contribution in [-0.4, -0.2) is 27.7 Å². The summed E-state index contributed by atoms with van der Waals surface area (Å²) in [4.78, 5) is 21.3. The van der Waals surface area contributed by atoms with Crippen molar-refractivity contribution in [3.63, 3.8) is 0 Å². The van der Waals surface area contributed by atoms with Gasteiger partial charge in [0.15, 0.2) is 5.16 Å². The van der Waals surface area contributed by atoms with E-state index >= 15 is 0 Å². The summed E-state index contributed by atoms with van der Waals surface area (Å²) in [5.74, 6) is -1.50. The van der Waals surface area contributed by atoms with Crippen LogP contribution < -0.4 is 10.6 Å². The molecule has 140 valence electrons. The van der Waals surface area contributed by atoms with Gasteiger partial charge < -0.3 is 10.6 Å². The number of halogens is 2. The highest BCUT2D eigenvalue weighted by atomic mass is 32.2. The number of anilines is 2. The van der Waals surface area contributed by atoms with Crippen molar-refractivity contribution in [2.75, 3.05) is 17.2 Å². The molecule has 0 saturated heterocycles. The number of benzene rings is 2. The summed E-state index contributed by atoms with van der Waals surface area (Å²) in [6, 6.07) is 11.0. The van der Waals surface area contributed by atoms with Crippen LogP contribution in [0.2, 0.25) is 0 Å². The zero-order valence-electron chi connectivity index (χ0n) is 14.8. The number of carbonyl (C=O) groups excluding carboxylic acids is 1. The Morgan fingerprint density at radius 2 is 1.81 bits per heavy atom. The van der Waals surface area contributed by atoms with Gasteiger partial charge in [-0.2, -0.15) is 0 Å². The van der Waals surface area contributed by atoms with Crippen molar-refractivity contribution < 1.29 is 13.6 Å². The molecule has 0 fully saturated rings. The normalized spacial score (nSPS) is 12.0. The van der Waals surface area contributed by atoms with E-state index in [-0.39, 0.29) is 0 Å². The fraction of sp³-hybridized carbons (Fsp3) is 0.211. The highest BCUT2D eigenvalue weighted by molar-refractivity contribution is 8.00. The van der Waals surface area contributed by atoms with Crippen LogP contribution in [0, 0.1) is 11.6 Å². The molecule has 3 rings (SSSR count). The second-order valence-corrected chi connectivity index (χ2v) is 7.06. The Morgan fingerprint density at radius 3 is 2.52 bits per heavy atom. The number of thioether (sulfide) groups is 1. The molecule has 0 radical (unpaired) electrons. The maximum Gasteiger partial charge on any atom is 0.237 e. The minimum atomic E-state index is -0.822. The summed E-state index contributed by atoms with van der Waals surface area (Å²) in [6.45, 7) is 4.28. The second kappa shape index (κ2) is 8.30. The number of hydrogen-bond acceptors (Lipinski definition) is 5. The Kier molecular flexibility index (Phi) is 5.85. The molecule has 0 spiro atoms. The highest BCUT2D eigenvalue weighted by Crippen LogP contribution is 2.27. The molecule has 3 aromatic rings. The summed E-state index contributed by atoms with van der Waals surface area (Å²) >= 11 is 1.12. The molecule has 1 atom stereocenters. The summed E-state index contributed by atoms with van der Waals surface area (Å²) in [5, 5.41) is 6.11. The smallest absolute Gasteiger partial charge is 0.237 e. The number of hydrogen-bond donors (Lipinski definition) is 2. The largest absolute Gasteiger partial charge is 0.370 e. The van der Waals surface area contributed by atoms with Crippen LogP contribution in [0.5, 0.6) is 0 Å². The van der Waals surface area contributed by atoms with Gasteiger partial charge in [0.1, 0.15) is 23.1 Å². The predicted molar refractivity (Wildman–Crippen MR) is 104 cm³/mol. The average molecular weight is 388 g/mol. The van der Waals surface area contributed by atoms with E-state index in [1.807, 2.05) is 31.2 Å². The maximum absolute atomic E-state index is 13.7. The van der Waals surface area contributed by atoms with Crippen LogP contribution >= 0.6 is 11.8 Å². The molecular weight excluding hydrogens is 370 g/mol. The Balaban J connectivity index is 1.81. The lowest BCUT2D eigenvalue weighted by Gasteiger charge is -2.14. The van der Waals surface area contributed by atoms with Gasteiger partial charge in [0.05, 0.1) is 10.8 Å². The van der Waals surface area contributed by atoms with E-state index in [0.717, 1.165) is 34.8 Å². The van der Waals surface area contributed by atoms with Crippen LogP contribution in [0.3, 0.4) is 0 Å². The Bertz CT molecular complexity index is 963. The van der Waals surface area contributed by atoms with Gasteiger partial charge in [-0.1, -0.05) is 30.0 Å². The van der Waals surface area contributed by atoms with Gasteiger partial charge >= 0.3 is 0 Å². The quantitative estimate of drug-likeness (QED) is 0.482. The van der Waals surface area contributed by atoms with Crippen molar-refractivity contribution >= 4 is 40.1 Å². The Hall–Kier alpha value is -2.74. The fourth-order valence-electron chi connectivity index (χ4n) is 2.46. The number of rotatable bonds is 6. The van der Waals surface area contributed by atoms with Crippen molar-refractivity contribution in [2.45, 2.75) is 24.3 Å². The first-order chi connectivity index (χ1) is 13.0. The predicted octanol–water partition coefficient (Wildman–Crippen LogP) is 4.46. The third-order valence-electron chi connectivity index (χ3n) is 3.79. The zero-order chi connectivity index (χ0) is 19.4. The molecule has 0 aliphatic rings. The van der Waals surface area contributed by atoms with E-state index in [4.69, 9.17) is 0 Å². The van der Waals surface area contributed by atoms with Crippen molar-refractivity contribution in [3.05, 3.63) is 54.1 Å². The van der Waals surface area contributed by atoms with Crippen LogP contribution in [0.4, 0.5) is 20.3 Å². The van der Waals surface area contributed by atoms with E-state index in [9.17, 15) is 13.6 Å². The van der Waals surface area contributed by atoms with Crippen LogP contribution in [0.1, 0.15) is 13.8 Å². The van der Waals surface area contributed by atoms with Gasteiger partial charge in [0.25, 0.3) is 0 Å². The van der Waals surface area contributed by atoms with Crippen molar-refractivity contribution in [3.8, 4) is 0 Å². The molecule has 1 amide bonds. The molecular formula is C19H18F2N4OS. The van der Waals surface area contributed by atoms with Crippen LogP contribution in [0.15, 0.2) is 47.6 Å². The summed E-state index contributed by atoms with van der Waals surface area (Å²) in [7, 11) is 0. The molecule has 0 saturated carbocycles. The lowest BCUT2D eigenvalue weighted by atomic mass is 10.2. The molecule has 8 heteroatoms. The molecule has 2 aromatic carbocycles. The van der Waals surface area contributed by atoms with Crippen LogP contribution in [0.25, 0.3) is 10.9 Å². The van der Waals surface area contributed by atoms with Gasteiger partial charge in [-0.05, 0) is 38.1 Å². The number of nitrogens with one attached hydrogen (secondary N) is 2. The fourth-order valence-corrected chi connectivity index (χ4v) is 3.24. The molecule has 0 aliphatic heterocycles. The number of fused-ring (bicyclic) bond motifs is 1. The first-order valence-electron chi connectivity index (χ1n) is 8.41. The minimum absolute atomic E-state index is 0.404. The number of carbonyl (C=O) groups is 1. The summed E-state index contributed by atoms with van der Waals surface area (Å²) in [6.07, 6.45) is 0. The number of nitrogens with zero attached hydrogens (tertiary/aromatic N) is 2. The molecule has 0 bridgehead atoms. The second-order valence-electron chi connectivity index (χ2n) is 5.75. The first-order valence-corrected chi connectivity index (χ1v) is 9.29. The topological polar surface area (TPSA) is 66.9 Å². The molecule has 0 aliphatic carbocycles. The molecule has 27 heavy (non-hydrogen) atoms. The maximum atomic E-state index is 13.7. The van der Waals surface area contributed by atoms with Gasteiger partial charge in [0.2, 0.25) is 5.91 Å². The van der Waals surface area contributed by atoms with Crippen LogP contribution in [-0.2, 0) is 4.79 Å². The number of aromatic nitrogens is 2. The minimum Gasteiger partial charge on any atom is -0.370 e. The highest BCUT2D eigenvalue weighted by Gasteiger charge is 2.20. The lowest BCUT2D eigenvalue weighted by molar-refractivity contribution is -0.115. The monoisotopic (exact) mass is 388 g/mol. The lowest BCUT2D eigenvalue weighted by Crippen LogP contribution is -2.24. The SMILES string of the molecule is CCNc1nc(SC(C)C(=O)Nc2c(F)cccc2F)nc2ccccc12. The molecule has 1 heterocycles. The third-order valence-corrected chi connectivity index (χ3v) is 4.75. The van der Waals surface area contributed by atoms with E-state index in [0.29, 0.717) is 17.5 Å². The summed E-state index contributed by atoms with van der Waals surface area (Å²) < 4.78 is 27.4. The van der Waals surface area contributed by atoms with E-state index in [2.05, 4.69) is 20.6 Å². The average Bonchev–Trinajstić information content (AvgIpc) is 2.65. The molecule has 1 aromatic heterocycles. The van der Waals surface area contributed by atoms with Crippen molar-refractivity contribution in [2.24, 2.45) is 0 Å². The molecule has 5 nitrogen and oxygen atoms in total. The van der Waals surface area contributed by atoms with Crippen molar-refractivity contribution in [1.82, 2.24) is 9.97 Å². The Labute approximate surface area is 159 Å². The standard InChI is InChI=1S/C19H18F2N4OS/c1-3-22-17-12-7-4-5-10-15(12)23-19(25-17)27-11(2)18(26)24-16-13(20)8-6-9-14(16)21/h4-11H,3H2,1-2H3,(H,24,26)(H,22,23,25). The molecule has 1 unspecified atom stereocenters. The summed E-state index contributed by atoms with van der Waals surface area (Å²) in [5.41, 5.74) is 0.293. The zero-order valence-corrected chi connectivity index (χ0v) is 15.6. The molecule has 2 N–H and O–H groups in total. The Morgan fingerprint density at radius 1 is 1.11 bits per heavy atom. The first kappa shape index (κ1) is 19.0. The van der Waals surface area contributed by atoms with Gasteiger partial charge in [-0.25, -0.2) is 18.7 Å². The van der Waals surface area contributed by atoms with Crippen molar-refractivity contribution in [1.29, 1.82) is 0 Å². The van der Waals surface area contributed by atoms with E-state index < -0.39 is 28.5 Å². The van der Waals surface area contributed by atoms with E-state index in [1.54, 1.807) is 6.92 Å². The van der Waals surface area contributed by atoms with Gasteiger partial charge in [0, 0.05) is 11.9 Å². The van der Waals surface area contributed by atoms with E-state index in [1.165, 1.54) is 6.07 Å². The number of para-hydroxylation sites is 2. The number of amides is 1.